The Hall–Kier alpha value is -2.55. The summed E-state index contributed by atoms with van der Waals surface area (Å²) < 4.78 is 40.2. The van der Waals surface area contributed by atoms with Crippen LogP contribution in [0.1, 0.15) is 6.42 Å². The van der Waals surface area contributed by atoms with Crippen LogP contribution in [-0.4, -0.2) is 33.2 Å². The topological polar surface area (TPSA) is 97.8 Å². The second-order valence-corrected chi connectivity index (χ2v) is 8.02. The summed E-state index contributed by atoms with van der Waals surface area (Å²) in [6, 6.07) is 1.52. The Morgan fingerprint density at radius 2 is 2.21 bits per heavy atom. The van der Waals surface area contributed by atoms with Crippen molar-refractivity contribution in [2.24, 2.45) is 0 Å². The van der Waals surface area contributed by atoms with Crippen LogP contribution in [0.5, 0.6) is 5.75 Å². The summed E-state index contributed by atoms with van der Waals surface area (Å²) in [4.78, 5) is 12.4. The zero-order chi connectivity index (χ0) is 17.5. The summed E-state index contributed by atoms with van der Waals surface area (Å²) in [7, 11) is -2.09. The van der Waals surface area contributed by atoms with Gasteiger partial charge in [0.25, 0.3) is 0 Å². The van der Waals surface area contributed by atoms with E-state index in [4.69, 9.17) is 15.3 Å². The first-order valence-electron chi connectivity index (χ1n) is 6.92. The number of hydrogen-bond acceptors (Lipinski definition) is 6. The number of nitrogens with two attached hydrogens (primary N) is 1. The van der Waals surface area contributed by atoms with Crippen LogP contribution in [0.15, 0.2) is 41.2 Å². The highest BCUT2D eigenvalue weighted by Crippen LogP contribution is 2.30. The Morgan fingerprint density at radius 1 is 1.46 bits per heavy atom. The number of pyridine rings is 1. The maximum atomic E-state index is 13.8. The number of nitrogens with zero attached hydrogens (tertiary/aromatic N) is 3. The average Bonchev–Trinajstić information content (AvgIpc) is 2.49. The van der Waals surface area contributed by atoms with Crippen molar-refractivity contribution in [3.63, 3.8) is 0 Å². The molecule has 0 fully saturated rings. The molecule has 3 N–H and O–H groups in total. The molecule has 24 heavy (non-hydrogen) atoms. The van der Waals surface area contributed by atoms with Gasteiger partial charge in [-0.15, -0.1) is 0 Å². The molecule has 2 unspecified atom stereocenters. The van der Waals surface area contributed by atoms with E-state index in [2.05, 4.69) is 20.8 Å². The number of nitrogen functional groups attached to an aromatic ring is 1. The summed E-state index contributed by atoms with van der Waals surface area (Å²) in [5, 5.41) is 0.810. The number of halogens is 2. The van der Waals surface area contributed by atoms with E-state index < -0.39 is 21.4 Å². The van der Waals surface area contributed by atoms with Crippen molar-refractivity contribution in [2.75, 3.05) is 12.0 Å². The Kier molecular flexibility index (Phi) is 3.96. The monoisotopic (exact) mass is 351 g/mol. The van der Waals surface area contributed by atoms with E-state index in [0.29, 0.717) is 11.0 Å². The van der Waals surface area contributed by atoms with Gasteiger partial charge in [0, 0.05) is 18.0 Å². The lowest BCUT2D eigenvalue weighted by atomic mass is 10.1. The van der Waals surface area contributed by atoms with Crippen LogP contribution in [0, 0.1) is 4.78 Å². The Balaban J connectivity index is 2.00. The lowest BCUT2D eigenvalue weighted by Crippen LogP contribution is -2.08. The number of nitrogens with one attached hydrogen (secondary N) is 1. The fraction of sp³-hybridized carbons (Fsp3) is 0.200. The molecule has 0 saturated carbocycles. The molecule has 1 aliphatic rings. The van der Waals surface area contributed by atoms with E-state index in [-0.39, 0.29) is 28.9 Å². The van der Waals surface area contributed by atoms with E-state index in [1.165, 1.54) is 24.4 Å². The first kappa shape index (κ1) is 16.3. The number of alkyl halides is 1. The van der Waals surface area contributed by atoms with Gasteiger partial charge >= 0.3 is 0 Å². The van der Waals surface area contributed by atoms with Crippen LogP contribution in [0.3, 0.4) is 0 Å². The highest BCUT2D eigenvalue weighted by Gasteiger charge is 2.19. The van der Waals surface area contributed by atoms with Crippen LogP contribution >= 0.6 is 0 Å². The third-order valence-electron chi connectivity index (χ3n) is 3.26. The number of hydrogen-bond donors (Lipinski definition) is 2. The summed E-state index contributed by atoms with van der Waals surface area (Å²) >= 11 is 0. The first-order valence-corrected chi connectivity index (χ1v) is 9.13. The van der Waals surface area contributed by atoms with Crippen molar-refractivity contribution < 1.29 is 13.5 Å². The second-order valence-electron chi connectivity index (χ2n) is 5.48. The molecular weight excluding hydrogens is 336 g/mol. The molecule has 2 aromatic heterocycles. The highest BCUT2D eigenvalue weighted by molar-refractivity contribution is 8.00. The fourth-order valence-corrected chi connectivity index (χ4v) is 2.64. The van der Waals surface area contributed by atoms with E-state index in [1.807, 2.05) is 0 Å². The van der Waals surface area contributed by atoms with Crippen molar-refractivity contribution in [1.82, 2.24) is 15.0 Å². The van der Waals surface area contributed by atoms with Gasteiger partial charge in [-0.2, -0.15) is 0 Å². The largest absolute Gasteiger partial charge is 0.451 e. The smallest absolute Gasteiger partial charge is 0.193 e. The minimum Gasteiger partial charge on any atom is -0.451 e. The summed E-state index contributed by atoms with van der Waals surface area (Å²) in [5.74, 6) is 3.07. The lowest BCUT2D eigenvalue weighted by Gasteiger charge is -2.14. The molecule has 2 heterocycles. The van der Waals surface area contributed by atoms with Gasteiger partial charge in [-0.1, -0.05) is 15.3 Å². The minimum absolute atomic E-state index is 0.00830. The van der Waals surface area contributed by atoms with Gasteiger partial charge in [0.15, 0.2) is 28.1 Å². The molecule has 6 nitrogen and oxygen atoms in total. The van der Waals surface area contributed by atoms with Crippen molar-refractivity contribution in [1.29, 1.82) is 4.78 Å². The van der Waals surface area contributed by atoms with E-state index in [9.17, 15) is 8.78 Å². The Morgan fingerprint density at radius 3 is 2.88 bits per heavy atom. The molecule has 2 atom stereocenters. The van der Waals surface area contributed by atoms with Crippen molar-refractivity contribution in [3.05, 3.63) is 36.0 Å². The van der Waals surface area contributed by atoms with Crippen LogP contribution in [0.4, 0.5) is 14.6 Å². The Bertz CT molecular complexity index is 985. The standard InChI is InChI=1S/C15H15F2N5OS/c1-24(2,19)15-20-7-8-5-12(13(18)21-14(8)22-15)23-11-4-3-9(16)6-10(11)17/h3-5,7,9,19H,1,6H2,2H3,(H2,18,20,21,22). The second kappa shape index (κ2) is 5.82. The quantitative estimate of drug-likeness (QED) is 0.654. The van der Waals surface area contributed by atoms with Crippen LogP contribution in [-0.2, 0) is 9.41 Å². The molecule has 0 saturated heterocycles. The van der Waals surface area contributed by atoms with Crippen LogP contribution < -0.4 is 10.5 Å². The number of anilines is 1. The van der Waals surface area contributed by atoms with Gasteiger partial charge in [-0.25, -0.2) is 23.7 Å². The van der Waals surface area contributed by atoms with E-state index in [1.54, 1.807) is 6.26 Å². The average molecular weight is 351 g/mol. The molecule has 0 aromatic carbocycles. The summed E-state index contributed by atoms with van der Waals surface area (Å²) in [6.07, 6.45) is 3.84. The number of aromatic nitrogens is 3. The molecular formula is C15H15F2N5OS. The molecule has 0 amide bonds. The molecule has 3 rings (SSSR count). The van der Waals surface area contributed by atoms with Crippen LogP contribution in [0.2, 0.25) is 0 Å². The van der Waals surface area contributed by atoms with Gasteiger partial charge in [0.2, 0.25) is 0 Å². The number of allylic oxidation sites excluding steroid dienone is 3. The maximum absolute atomic E-state index is 13.8. The molecule has 2 aromatic rings. The zero-order valence-corrected chi connectivity index (χ0v) is 13.6. The molecule has 0 bridgehead atoms. The third kappa shape index (κ3) is 3.21. The molecule has 126 valence electrons. The molecule has 0 radical (unpaired) electrons. The Labute approximate surface area is 137 Å². The van der Waals surface area contributed by atoms with E-state index in [0.717, 1.165) is 0 Å². The number of fused-ring (bicyclic) bond motifs is 1. The molecule has 0 spiro atoms. The highest BCUT2D eigenvalue weighted by atomic mass is 32.2. The lowest BCUT2D eigenvalue weighted by molar-refractivity contribution is 0.336. The molecule has 0 aliphatic heterocycles. The first-order chi connectivity index (χ1) is 11.2. The third-order valence-corrected chi connectivity index (χ3v) is 4.26. The van der Waals surface area contributed by atoms with Crippen molar-refractivity contribution in [3.8, 4) is 5.75 Å². The van der Waals surface area contributed by atoms with Gasteiger partial charge < -0.3 is 10.5 Å². The molecule has 1 aliphatic carbocycles. The van der Waals surface area contributed by atoms with Gasteiger partial charge in [0.05, 0.1) is 0 Å². The fourth-order valence-electron chi connectivity index (χ4n) is 2.07. The predicted octanol–water partition coefficient (Wildman–Crippen LogP) is 2.80. The van der Waals surface area contributed by atoms with Gasteiger partial charge in [0.1, 0.15) is 12.0 Å². The minimum atomic E-state index is -2.09. The zero-order valence-electron chi connectivity index (χ0n) is 12.8. The summed E-state index contributed by atoms with van der Waals surface area (Å²) in [5.41, 5.74) is 6.14. The van der Waals surface area contributed by atoms with Crippen LogP contribution in [0.25, 0.3) is 11.0 Å². The maximum Gasteiger partial charge on any atom is 0.193 e. The number of ether oxygens (including phenoxy) is 1. The van der Waals surface area contributed by atoms with E-state index >= 15 is 0 Å². The summed E-state index contributed by atoms with van der Waals surface area (Å²) in [6.45, 7) is 0. The number of rotatable bonds is 3. The molecule has 9 heteroatoms. The SMILES string of the molecule is C=S(C)(=N)c1ncc2cc(OC3=C(F)CC(F)C=C3)c(N)nc2n1. The van der Waals surface area contributed by atoms with Gasteiger partial charge in [-0.05, 0) is 24.5 Å². The predicted molar refractivity (Wildman–Crippen MR) is 90.6 cm³/mol. The van der Waals surface area contributed by atoms with Crippen molar-refractivity contribution >= 4 is 32.1 Å². The normalized spacial score (nSPS) is 20.2. The van der Waals surface area contributed by atoms with Crippen molar-refractivity contribution in [2.45, 2.75) is 17.7 Å². The van der Waals surface area contributed by atoms with Gasteiger partial charge in [-0.3, -0.25) is 4.78 Å².